The molecule has 2 bridgehead atoms. The zero-order chi connectivity index (χ0) is 16.8. The minimum Gasteiger partial charge on any atom is -0.335 e. The highest BCUT2D eigenvalue weighted by Crippen LogP contribution is 2.31. The second-order valence-electron chi connectivity index (χ2n) is 7.61. The van der Waals surface area contributed by atoms with E-state index in [1.165, 1.54) is 32.5 Å². The lowest BCUT2D eigenvalue weighted by Crippen LogP contribution is -2.61. The number of rotatable bonds is 2. The molecule has 6 heterocycles. The van der Waals surface area contributed by atoms with E-state index in [2.05, 4.69) is 14.8 Å². The van der Waals surface area contributed by atoms with Gasteiger partial charge >= 0.3 is 0 Å². The van der Waals surface area contributed by atoms with Crippen molar-refractivity contribution in [3.63, 3.8) is 0 Å². The van der Waals surface area contributed by atoms with Gasteiger partial charge in [0.1, 0.15) is 11.3 Å². The molecular weight excluding hydrogens is 314 g/mol. The summed E-state index contributed by atoms with van der Waals surface area (Å²) in [4.78, 5) is 24.5. The van der Waals surface area contributed by atoms with Gasteiger partial charge < -0.3 is 9.80 Å². The van der Waals surface area contributed by atoms with Crippen molar-refractivity contribution in [3.8, 4) is 0 Å². The molecule has 6 nitrogen and oxygen atoms in total. The van der Waals surface area contributed by atoms with Crippen molar-refractivity contribution in [2.24, 2.45) is 5.92 Å². The zero-order valence-electron chi connectivity index (χ0n) is 14.5. The van der Waals surface area contributed by atoms with Crippen molar-refractivity contribution >= 4 is 11.6 Å². The average Bonchev–Trinajstić information content (AvgIpc) is 3.12. The molecule has 4 saturated heterocycles. The first-order valence-corrected chi connectivity index (χ1v) is 9.47. The molecule has 6 heteroatoms. The predicted octanol–water partition coefficient (Wildman–Crippen LogP) is 1.19. The smallest absolute Gasteiger partial charge is 0.272 e. The Balaban J connectivity index is 1.26. The summed E-state index contributed by atoms with van der Waals surface area (Å²) in [5.74, 6) is 0.971. The van der Waals surface area contributed by atoms with Gasteiger partial charge in [0.15, 0.2) is 0 Å². The zero-order valence-corrected chi connectivity index (χ0v) is 14.5. The van der Waals surface area contributed by atoms with E-state index in [0.29, 0.717) is 11.7 Å². The molecule has 4 fully saturated rings. The van der Waals surface area contributed by atoms with Gasteiger partial charge in [0.25, 0.3) is 5.91 Å². The number of piperazine rings is 1. The highest BCUT2D eigenvalue weighted by Gasteiger charge is 2.38. The van der Waals surface area contributed by atoms with Gasteiger partial charge in [-0.25, -0.2) is 4.98 Å². The topological polar surface area (TPSA) is 44.1 Å². The number of carbonyl (C=O) groups is 1. The molecule has 25 heavy (non-hydrogen) atoms. The van der Waals surface area contributed by atoms with Crippen LogP contribution in [0.15, 0.2) is 30.6 Å². The lowest BCUT2D eigenvalue weighted by atomic mass is 9.83. The Hall–Kier alpha value is -1.92. The van der Waals surface area contributed by atoms with E-state index in [1.807, 2.05) is 33.7 Å². The molecule has 6 rings (SSSR count). The maximum atomic E-state index is 12.9. The summed E-state index contributed by atoms with van der Waals surface area (Å²) in [6.07, 6.45) is 6.33. The molecule has 0 aliphatic carbocycles. The normalized spacial score (nSPS) is 30.1. The van der Waals surface area contributed by atoms with Crippen molar-refractivity contribution in [3.05, 3.63) is 36.3 Å². The van der Waals surface area contributed by atoms with Crippen LogP contribution in [0.25, 0.3) is 5.65 Å². The maximum absolute atomic E-state index is 12.9. The molecule has 1 amide bonds. The molecule has 0 spiro atoms. The minimum atomic E-state index is 0.104. The summed E-state index contributed by atoms with van der Waals surface area (Å²) >= 11 is 0. The predicted molar refractivity (Wildman–Crippen MR) is 95.6 cm³/mol. The number of nitrogens with zero attached hydrogens (tertiary/aromatic N) is 5. The van der Waals surface area contributed by atoms with Crippen molar-refractivity contribution in [1.29, 1.82) is 0 Å². The Morgan fingerprint density at radius 1 is 1.04 bits per heavy atom. The molecule has 0 N–H and O–H groups in total. The highest BCUT2D eigenvalue weighted by atomic mass is 16.2. The first-order valence-electron chi connectivity index (χ1n) is 9.47. The number of imidazole rings is 1. The quantitative estimate of drug-likeness (QED) is 0.824. The van der Waals surface area contributed by atoms with Crippen LogP contribution in [0.2, 0.25) is 0 Å². The first-order chi connectivity index (χ1) is 12.3. The van der Waals surface area contributed by atoms with Gasteiger partial charge in [-0.2, -0.15) is 0 Å². The van der Waals surface area contributed by atoms with Crippen LogP contribution in [0.4, 0.5) is 0 Å². The van der Waals surface area contributed by atoms with Crippen molar-refractivity contribution < 1.29 is 4.79 Å². The van der Waals surface area contributed by atoms with E-state index in [9.17, 15) is 4.79 Å². The molecule has 0 aromatic carbocycles. The first kappa shape index (κ1) is 15.3. The largest absolute Gasteiger partial charge is 0.335 e. The van der Waals surface area contributed by atoms with Crippen LogP contribution in [-0.2, 0) is 0 Å². The van der Waals surface area contributed by atoms with Crippen molar-refractivity contribution in [2.45, 2.75) is 18.9 Å². The van der Waals surface area contributed by atoms with E-state index < -0.39 is 0 Å². The molecular formula is C19H25N5O. The average molecular weight is 339 g/mol. The van der Waals surface area contributed by atoms with Crippen LogP contribution in [-0.4, -0.2) is 81.8 Å². The molecule has 1 unspecified atom stereocenters. The number of hydrogen-bond acceptors (Lipinski definition) is 4. The second-order valence-corrected chi connectivity index (χ2v) is 7.61. The number of fused-ring (bicyclic) bond motifs is 4. The van der Waals surface area contributed by atoms with Crippen LogP contribution in [0.3, 0.4) is 0 Å². The van der Waals surface area contributed by atoms with Crippen LogP contribution in [0.5, 0.6) is 0 Å². The fourth-order valence-electron chi connectivity index (χ4n) is 4.86. The number of piperidine rings is 3. The van der Waals surface area contributed by atoms with Gasteiger partial charge in [0, 0.05) is 45.0 Å². The Morgan fingerprint density at radius 3 is 2.56 bits per heavy atom. The fraction of sp³-hybridized carbons (Fsp3) is 0.579. The lowest BCUT2D eigenvalue weighted by Gasteiger charge is -2.50. The minimum absolute atomic E-state index is 0.104. The monoisotopic (exact) mass is 339 g/mol. The number of amides is 1. The molecule has 2 aromatic heterocycles. The van der Waals surface area contributed by atoms with Gasteiger partial charge in [-0.05, 0) is 44.0 Å². The molecule has 0 radical (unpaired) electrons. The van der Waals surface area contributed by atoms with Gasteiger partial charge in [-0.1, -0.05) is 6.07 Å². The van der Waals surface area contributed by atoms with E-state index in [0.717, 1.165) is 37.7 Å². The number of hydrogen-bond donors (Lipinski definition) is 0. The number of carbonyl (C=O) groups excluding carboxylic acids is 1. The molecule has 2 aromatic rings. The van der Waals surface area contributed by atoms with Crippen molar-refractivity contribution in [1.82, 2.24) is 24.1 Å². The molecule has 0 saturated carbocycles. The Labute approximate surface area is 148 Å². The Bertz CT molecular complexity index is 771. The van der Waals surface area contributed by atoms with E-state index in [4.69, 9.17) is 0 Å². The summed E-state index contributed by atoms with van der Waals surface area (Å²) in [6, 6.07) is 6.53. The third-order valence-corrected chi connectivity index (χ3v) is 6.33. The Kier molecular flexibility index (Phi) is 3.75. The van der Waals surface area contributed by atoms with E-state index in [1.54, 1.807) is 6.20 Å². The third-order valence-electron chi connectivity index (χ3n) is 6.33. The lowest BCUT2D eigenvalue weighted by molar-refractivity contribution is -0.0132. The summed E-state index contributed by atoms with van der Waals surface area (Å²) in [6.45, 7) is 7.44. The summed E-state index contributed by atoms with van der Waals surface area (Å²) in [5, 5.41) is 0. The van der Waals surface area contributed by atoms with E-state index in [-0.39, 0.29) is 5.91 Å². The van der Waals surface area contributed by atoms with Crippen molar-refractivity contribution in [2.75, 3.05) is 45.8 Å². The van der Waals surface area contributed by atoms with Crippen LogP contribution < -0.4 is 0 Å². The second kappa shape index (κ2) is 6.11. The summed E-state index contributed by atoms with van der Waals surface area (Å²) in [7, 11) is 0. The summed E-state index contributed by atoms with van der Waals surface area (Å²) < 4.78 is 1.89. The third kappa shape index (κ3) is 2.64. The van der Waals surface area contributed by atoms with Gasteiger partial charge in [-0.15, -0.1) is 0 Å². The summed E-state index contributed by atoms with van der Waals surface area (Å²) in [5.41, 5.74) is 1.50. The van der Waals surface area contributed by atoms with E-state index >= 15 is 0 Å². The fourth-order valence-corrected chi connectivity index (χ4v) is 4.86. The number of aromatic nitrogens is 2. The Morgan fingerprint density at radius 2 is 1.84 bits per heavy atom. The SMILES string of the molecule is O=C(c1cnc2ccccn12)N1CCN(C2CN3CCC2CC3)CC1. The molecule has 1 atom stereocenters. The number of pyridine rings is 1. The van der Waals surface area contributed by atoms with Gasteiger partial charge in [0.2, 0.25) is 0 Å². The van der Waals surface area contributed by atoms with Crippen LogP contribution >= 0.6 is 0 Å². The van der Waals surface area contributed by atoms with Gasteiger partial charge in [-0.3, -0.25) is 14.1 Å². The molecule has 4 aliphatic heterocycles. The highest BCUT2D eigenvalue weighted by molar-refractivity contribution is 5.93. The van der Waals surface area contributed by atoms with Crippen LogP contribution in [0.1, 0.15) is 23.3 Å². The molecule has 4 aliphatic rings. The standard InChI is InChI=1S/C19H25N5O/c25-19(16-13-20-18-3-1-2-6-24(16)18)23-11-9-22(10-12-23)17-14-21-7-4-15(17)5-8-21/h1-3,6,13,15,17H,4-5,7-12,14H2. The van der Waals surface area contributed by atoms with Gasteiger partial charge in [0.05, 0.1) is 6.20 Å². The maximum Gasteiger partial charge on any atom is 0.272 e. The van der Waals surface area contributed by atoms with Crippen LogP contribution in [0, 0.1) is 5.92 Å². The molecule has 132 valence electrons.